The fourth-order valence-corrected chi connectivity index (χ4v) is 2.87. The summed E-state index contributed by atoms with van der Waals surface area (Å²) in [6.45, 7) is 5.44. The average molecular weight is 371 g/mol. The van der Waals surface area contributed by atoms with Crippen LogP contribution in [0.15, 0.2) is 24.3 Å². The summed E-state index contributed by atoms with van der Waals surface area (Å²) in [6, 6.07) is 4.18. The maximum atomic E-state index is 12.6. The zero-order valence-electron chi connectivity index (χ0n) is 14.8. The Balaban J connectivity index is 1.98. The van der Waals surface area contributed by atoms with Crippen LogP contribution in [0.25, 0.3) is 0 Å². The average Bonchev–Trinajstić information content (AvgIpc) is 2.64. The van der Waals surface area contributed by atoms with Crippen molar-refractivity contribution in [1.29, 1.82) is 0 Å². The number of halogens is 3. The quantitative estimate of drug-likeness (QED) is 0.835. The number of carbonyl (C=O) groups excluding carboxylic acids is 2. The van der Waals surface area contributed by atoms with Gasteiger partial charge in [-0.1, -0.05) is 6.92 Å². The number of amides is 2. The van der Waals surface area contributed by atoms with Crippen molar-refractivity contribution < 1.29 is 22.8 Å². The summed E-state index contributed by atoms with van der Waals surface area (Å²) in [5, 5.41) is 3.17. The molecule has 8 heteroatoms. The van der Waals surface area contributed by atoms with Gasteiger partial charge in [-0.05, 0) is 30.7 Å². The molecule has 1 N–H and O–H groups in total. The van der Waals surface area contributed by atoms with E-state index < -0.39 is 11.7 Å². The summed E-state index contributed by atoms with van der Waals surface area (Å²) >= 11 is 0. The second-order valence-corrected chi connectivity index (χ2v) is 6.25. The van der Waals surface area contributed by atoms with E-state index in [1.54, 1.807) is 4.90 Å². The van der Waals surface area contributed by atoms with Gasteiger partial charge in [0.2, 0.25) is 5.91 Å². The second kappa shape index (κ2) is 9.02. The summed E-state index contributed by atoms with van der Waals surface area (Å²) < 4.78 is 37.9. The van der Waals surface area contributed by atoms with E-state index in [1.165, 1.54) is 17.0 Å². The number of carbonyl (C=O) groups is 2. The van der Waals surface area contributed by atoms with Crippen LogP contribution in [-0.2, 0) is 11.0 Å². The van der Waals surface area contributed by atoms with Crippen molar-refractivity contribution in [3.63, 3.8) is 0 Å². The standard InChI is InChI=1S/C18H24F3N3O2/c1-2-10-24(11-7-16(25)23-12-8-22-9-13-23)17(26)14-3-5-15(6-4-14)18(19,20)21/h3-6,22H,2,7-13H2,1H3. The molecule has 0 unspecified atom stereocenters. The molecular weight excluding hydrogens is 347 g/mol. The summed E-state index contributed by atoms with van der Waals surface area (Å²) in [4.78, 5) is 28.1. The van der Waals surface area contributed by atoms with Crippen LogP contribution >= 0.6 is 0 Å². The van der Waals surface area contributed by atoms with E-state index in [0.29, 0.717) is 26.1 Å². The highest BCUT2D eigenvalue weighted by Gasteiger charge is 2.30. The van der Waals surface area contributed by atoms with Crippen LogP contribution in [0.1, 0.15) is 35.7 Å². The van der Waals surface area contributed by atoms with Crippen molar-refractivity contribution in [3.05, 3.63) is 35.4 Å². The van der Waals surface area contributed by atoms with Crippen LogP contribution < -0.4 is 5.32 Å². The lowest BCUT2D eigenvalue weighted by Gasteiger charge is -2.29. The summed E-state index contributed by atoms with van der Waals surface area (Å²) in [5.74, 6) is -0.360. The number of hydrogen-bond donors (Lipinski definition) is 1. The molecule has 1 aliphatic heterocycles. The molecule has 0 spiro atoms. The van der Waals surface area contributed by atoms with Crippen molar-refractivity contribution in [2.75, 3.05) is 39.3 Å². The van der Waals surface area contributed by atoms with E-state index in [0.717, 1.165) is 25.2 Å². The second-order valence-electron chi connectivity index (χ2n) is 6.25. The third-order valence-corrected chi connectivity index (χ3v) is 4.31. The van der Waals surface area contributed by atoms with Gasteiger partial charge in [-0.25, -0.2) is 0 Å². The Morgan fingerprint density at radius 1 is 1.12 bits per heavy atom. The van der Waals surface area contributed by atoms with Crippen molar-refractivity contribution in [2.45, 2.75) is 25.9 Å². The highest BCUT2D eigenvalue weighted by molar-refractivity contribution is 5.94. The van der Waals surface area contributed by atoms with Gasteiger partial charge in [-0.15, -0.1) is 0 Å². The Morgan fingerprint density at radius 3 is 2.27 bits per heavy atom. The molecule has 0 radical (unpaired) electrons. The van der Waals surface area contributed by atoms with Gasteiger partial charge in [-0.2, -0.15) is 13.2 Å². The molecule has 2 amide bonds. The van der Waals surface area contributed by atoms with E-state index in [4.69, 9.17) is 0 Å². The van der Waals surface area contributed by atoms with Gasteiger partial charge >= 0.3 is 6.18 Å². The number of alkyl halides is 3. The van der Waals surface area contributed by atoms with Crippen molar-refractivity contribution in [3.8, 4) is 0 Å². The predicted octanol–water partition coefficient (Wildman–Crippen LogP) is 2.38. The normalized spacial score (nSPS) is 15.0. The molecule has 0 saturated carbocycles. The molecule has 1 aliphatic rings. The van der Waals surface area contributed by atoms with E-state index in [1.807, 2.05) is 6.92 Å². The fraction of sp³-hybridized carbons (Fsp3) is 0.556. The van der Waals surface area contributed by atoms with Gasteiger partial charge in [0.15, 0.2) is 0 Å². The Labute approximate surface area is 151 Å². The minimum Gasteiger partial charge on any atom is -0.340 e. The van der Waals surface area contributed by atoms with Gasteiger partial charge < -0.3 is 15.1 Å². The van der Waals surface area contributed by atoms with E-state index in [2.05, 4.69) is 5.32 Å². The number of nitrogens with zero attached hydrogens (tertiary/aromatic N) is 2. The highest BCUT2D eigenvalue weighted by Crippen LogP contribution is 2.29. The summed E-state index contributed by atoms with van der Waals surface area (Å²) in [6.07, 6.45) is -3.51. The van der Waals surface area contributed by atoms with Crippen LogP contribution in [0.2, 0.25) is 0 Å². The first-order valence-corrected chi connectivity index (χ1v) is 8.78. The number of nitrogens with one attached hydrogen (secondary N) is 1. The van der Waals surface area contributed by atoms with Gasteiger partial charge in [0.1, 0.15) is 0 Å². The van der Waals surface area contributed by atoms with Gasteiger partial charge in [-0.3, -0.25) is 9.59 Å². The van der Waals surface area contributed by atoms with Gasteiger partial charge in [0, 0.05) is 51.3 Å². The molecule has 0 atom stereocenters. The van der Waals surface area contributed by atoms with Crippen LogP contribution in [0.5, 0.6) is 0 Å². The predicted molar refractivity (Wildman–Crippen MR) is 91.7 cm³/mol. The fourth-order valence-electron chi connectivity index (χ4n) is 2.87. The highest BCUT2D eigenvalue weighted by atomic mass is 19.4. The van der Waals surface area contributed by atoms with Crippen molar-refractivity contribution in [1.82, 2.24) is 15.1 Å². The summed E-state index contributed by atoms with van der Waals surface area (Å²) in [7, 11) is 0. The first kappa shape index (κ1) is 20.2. The molecule has 0 bridgehead atoms. The monoisotopic (exact) mass is 371 g/mol. The molecule has 1 heterocycles. The zero-order valence-corrected chi connectivity index (χ0v) is 14.8. The topological polar surface area (TPSA) is 52.7 Å². The molecule has 2 rings (SSSR count). The first-order chi connectivity index (χ1) is 12.3. The Kier molecular flexibility index (Phi) is 7.02. The van der Waals surface area contributed by atoms with Crippen molar-refractivity contribution >= 4 is 11.8 Å². The Morgan fingerprint density at radius 2 is 1.73 bits per heavy atom. The van der Waals surface area contributed by atoms with E-state index >= 15 is 0 Å². The molecular formula is C18H24F3N3O2. The molecule has 0 aliphatic carbocycles. The van der Waals surface area contributed by atoms with Crippen LogP contribution in [0, 0.1) is 0 Å². The molecule has 1 saturated heterocycles. The van der Waals surface area contributed by atoms with Crippen LogP contribution in [0.3, 0.4) is 0 Å². The minimum absolute atomic E-state index is 0.00665. The third kappa shape index (κ3) is 5.45. The third-order valence-electron chi connectivity index (χ3n) is 4.31. The molecule has 144 valence electrons. The van der Waals surface area contributed by atoms with Crippen LogP contribution in [-0.4, -0.2) is 60.9 Å². The maximum absolute atomic E-state index is 12.6. The van der Waals surface area contributed by atoms with Gasteiger partial charge in [0.05, 0.1) is 5.56 Å². The first-order valence-electron chi connectivity index (χ1n) is 8.78. The largest absolute Gasteiger partial charge is 0.416 e. The lowest BCUT2D eigenvalue weighted by molar-refractivity contribution is -0.137. The van der Waals surface area contributed by atoms with E-state index in [-0.39, 0.29) is 30.3 Å². The smallest absolute Gasteiger partial charge is 0.340 e. The number of piperazine rings is 1. The molecule has 1 aromatic rings. The van der Waals surface area contributed by atoms with E-state index in [9.17, 15) is 22.8 Å². The number of hydrogen-bond acceptors (Lipinski definition) is 3. The number of benzene rings is 1. The minimum atomic E-state index is -4.43. The van der Waals surface area contributed by atoms with Crippen molar-refractivity contribution in [2.24, 2.45) is 0 Å². The lowest BCUT2D eigenvalue weighted by Crippen LogP contribution is -2.47. The molecule has 0 aromatic heterocycles. The Hall–Kier alpha value is -2.09. The maximum Gasteiger partial charge on any atom is 0.416 e. The lowest BCUT2D eigenvalue weighted by atomic mass is 10.1. The Bertz CT molecular complexity index is 611. The molecule has 26 heavy (non-hydrogen) atoms. The molecule has 1 fully saturated rings. The van der Waals surface area contributed by atoms with Gasteiger partial charge in [0.25, 0.3) is 5.91 Å². The number of rotatable bonds is 6. The molecule has 1 aromatic carbocycles. The van der Waals surface area contributed by atoms with Crippen LogP contribution in [0.4, 0.5) is 13.2 Å². The zero-order chi connectivity index (χ0) is 19.2. The molecule has 5 nitrogen and oxygen atoms in total. The SMILES string of the molecule is CCCN(CCC(=O)N1CCNCC1)C(=O)c1ccc(C(F)(F)F)cc1. The summed E-state index contributed by atoms with van der Waals surface area (Å²) in [5.41, 5.74) is -0.592.